The van der Waals surface area contributed by atoms with Crippen molar-refractivity contribution < 1.29 is 0 Å². The van der Waals surface area contributed by atoms with Crippen LogP contribution in [0.25, 0.3) is 22.3 Å². The van der Waals surface area contributed by atoms with Gasteiger partial charge in [0, 0.05) is 24.2 Å². The number of hydrogen-bond acceptors (Lipinski definition) is 9. The van der Waals surface area contributed by atoms with E-state index in [2.05, 4.69) is 26.3 Å². The normalized spacial score (nSPS) is 12.0. The highest BCUT2D eigenvalue weighted by atomic mass is 32.1. The van der Waals surface area contributed by atoms with Gasteiger partial charge in [0.1, 0.15) is 17.5 Å². The molecule has 5 N–H and O–H groups in total. The fraction of sp³-hybridized carbons (Fsp3) is 0.167. The van der Waals surface area contributed by atoms with Crippen molar-refractivity contribution in [2.75, 3.05) is 16.8 Å². The Kier molecular flexibility index (Phi) is 4.29. The summed E-state index contributed by atoms with van der Waals surface area (Å²) in [5.41, 5.74) is 17.8. The molecule has 0 fully saturated rings. The Hall–Kier alpha value is -3.71. The van der Waals surface area contributed by atoms with Crippen LogP contribution in [-0.2, 0) is 7.05 Å². The third-order valence-corrected chi connectivity index (χ3v) is 5.02. The van der Waals surface area contributed by atoms with Gasteiger partial charge < -0.3 is 21.4 Å². The van der Waals surface area contributed by atoms with Crippen molar-refractivity contribution in [2.24, 2.45) is 7.05 Å². The summed E-state index contributed by atoms with van der Waals surface area (Å²) in [4.78, 5) is 17.3. The summed E-state index contributed by atoms with van der Waals surface area (Å²) in [6.45, 7) is 1.93. The number of rotatable bonds is 4. The summed E-state index contributed by atoms with van der Waals surface area (Å²) in [5, 5.41) is 14.6. The van der Waals surface area contributed by atoms with Gasteiger partial charge in [0.2, 0.25) is 5.95 Å². The summed E-state index contributed by atoms with van der Waals surface area (Å²) in [5.74, 6) is 0.312. The summed E-state index contributed by atoms with van der Waals surface area (Å²) < 4.78 is 2.01. The van der Waals surface area contributed by atoms with Gasteiger partial charge in [-0.2, -0.15) is 15.2 Å². The molecule has 9 nitrogen and oxygen atoms in total. The van der Waals surface area contributed by atoms with Crippen molar-refractivity contribution in [1.82, 2.24) is 24.5 Å². The predicted molar refractivity (Wildman–Crippen MR) is 109 cm³/mol. The van der Waals surface area contributed by atoms with Crippen molar-refractivity contribution >= 4 is 40.0 Å². The number of hydrogen-bond donors (Lipinski definition) is 3. The topological polar surface area (TPSA) is 144 Å². The standard InChI is InChI=1S/C18H17N9S/c1-9(23-17-11(6-19)16(20)25-18(21)26-17)15-10(13-7-28-8-22-13)5-14-12(24-15)3-4-27(14)2/h3-5,7-9H,1-2H3,(H5,20,21,23,25,26). The average Bonchev–Trinajstić information content (AvgIpc) is 3.30. The van der Waals surface area contributed by atoms with E-state index in [9.17, 15) is 5.26 Å². The Morgan fingerprint density at radius 3 is 2.82 bits per heavy atom. The van der Waals surface area contributed by atoms with E-state index in [0.717, 1.165) is 28.0 Å². The molecular weight excluding hydrogens is 374 g/mol. The van der Waals surface area contributed by atoms with Gasteiger partial charge in [-0.15, -0.1) is 11.3 Å². The number of aryl methyl sites for hydroxylation is 1. The maximum atomic E-state index is 9.40. The molecule has 0 radical (unpaired) electrons. The molecule has 0 aromatic carbocycles. The lowest BCUT2D eigenvalue weighted by Crippen LogP contribution is -2.15. The van der Waals surface area contributed by atoms with E-state index in [1.807, 2.05) is 42.3 Å². The molecule has 1 atom stereocenters. The van der Waals surface area contributed by atoms with Gasteiger partial charge in [0.15, 0.2) is 5.82 Å². The largest absolute Gasteiger partial charge is 0.382 e. The fourth-order valence-corrected chi connectivity index (χ4v) is 3.62. The third kappa shape index (κ3) is 2.97. The molecule has 0 aliphatic carbocycles. The minimum Gasteiger partial charge on any atom is -0.382 e. The fourth-order valence-electron chi connectivity index (χ4n) is 3.06. The van der Waals surface area contributed by atoms with Crippen LogP contribution >= 0.6 is 11.3 Å². The van der Waals surface area contributed by atoms with Gasteiger partial charge in [-0.05, 0) is 19.1 Å². The third-order valence-electron chi connectivity index (χ3n) is 4.43. The Labute approximate surface area is 164 Å². The van der Waals surface area contributed by atoms with Crippen molar-refractivity contribution in [1.29, 1.82) is 5.26 Å². The molecule has 0 bridgehead atoms. The number of aromatic nitrogens is 5. The first kappa shape index (κ1) is 17.7. The molecule has 4 aromatic heterocycles. The van der Waals surface area contributed by atoms with Crippen LogP contribution in [0.1, 0.15) is 24.2 Å². The molecule has 28 heavy (non-hydrogen) atoms. The Morgan fingerprint density at radius 1 is 1.29 bits per heavy atom. The van der Waals surface area contributed by atoms with Crippen molar-refractivity contribution in [3.8, 4) is 17.3 Å². The molecule has 0 amide bonds. The smallest absolute Gasteiger partial charge is 0.224 e. The quantitative estimate of drug-likeness (QED) is 0.481. The lowest BCUT2D eigenvalue weighted by atomic mass is 10.0. The Balaban J connectivity index is 1.83. The zero-order valence-electron chi connectivity index (χ0n) is 15.2. The van der Waals surface area contributed by atoms with Crippen molar-refractivity contribution in [2.45, 2.75) is 13.0 Å². The molecule has 0 aliphatic heterocycles. The maximum absolute atomic E-state index is 9.40. The summed E-state index contributed by atoms with van der Waals surface area (Å²) in [7, 11) is 1.97. The molecule has 0 aliphatic rings. The van der Waals surface area contributed by atoms with E-state index in [1.165, 1.54) is 11.3 Å². The van der Waals surface area contributed by atoms with Crippen LogP contribution in [0, 0.1) is 11.3 Å². The van der Waals surface area contributed by atoms with Crippen molar-refractivity contribution in [3.05, 3.63) is 40.5 Å². The minimum atomic E-state index is -0.290. The van der Waals surface area contributed by atoms with Gasteiger partial charge in [-0.1, -0.05) is 0 Å². The first-order valence-electron chi connectivity index (χ1n) is 8.42. The number of nitrogens with one attached hydrogen (secondary N) is 1. The molecule has 4 aromatic rings. The molecule has 4 heterocycles. The number of thiazole rings is 1. The number of fused-ring (bicyclic) bond motifs is 1. The van der Waals surface area contributed by atoms with E-state index < -0.39 is 0 Å². The monoisotopic (exact) mass is 391 g/mol. The van der Waals surface area contributed by atoms with Gasteiger partial charge in [-0.25, -0.2) is 9.97 Å². The summed E-state index contributed by atoms with van der Waals surface area (Å²) in [6, 6.07) is 5.76. The van der Waals surface area contributed by atoms with E-state index in [4.69, 9.17) is 16.5 Å². The number of nitrogens with two attached hydrogens (primary N) is 2. The highest BCUT2D eigenvalue weighted by Gasteiger charge is 2.20. The molecule has 0 saturated heterocycles. The number of nitrogens with zero attached hydrogens (tertiary/aromatic N) is 6. The molecular formula is C18H17N9S. The SMILES string of the molecule is CC(Nc1nc(N)nc(N)c1C#N)c1nc2ccn(C)c2cc1-c1cscn1. The van der Waals surface area contributed by atoms with Gasteiger partial charge in [0.05, 0.1) is 34.0 Å². The van der Waals surface area contributed by atoms with Gasteiger partial charge in [-0.3, -0.25) is 0 Å². The van der Waals surface area contributed by atoms with Crippen LogP contribution < -0.4 is 16.8 Å². The predicted octanol–water partition coefficient (Wildman–Crippen LogP) is 2.70. The molecule has 0 spiro atoms. The maximum Gasteiger partial charge on any atom is 0.224 e. The number of pyridine rings is 1. The van der Waals surface area contributed by atoms with Crippen LogP contribution in [0.15, 0.2) is 29.2 Å². The molecule has 1 unspecified atom stereocenters. The molecule has 0 saturated carbocycles. The number of nitrogen functional groups attached to an aromatic ring is 2. The number of anilines is 3. The van der Waals surface area contributed by atoms with Crippen LogP contribution in [-0.4, -0.2) is 24.5 Å². The zero-order chi connectivity index (χ0) is 19.8. The van der Waals surface area contributed by atoms with Gasteiger partial charge in [0.25, 0.3) is 0 Å². The average molecular weight is 391 g/mol. The Bertz CT molecular complexity index is 1200. The summed E-state index contributed by atoms with van der Waals surface area (Å²) >= 11 is 1.52. The first-order chi connectivity index (χ1) is 13.5. The molecule has 140 valence electrons. The molecule has 4 rings (SSSR count). The highest BCUT2D eigenvalue weighted by molar-refractivity contribution is 7.07. The summed E-state index contributed by atoms with van der Waals surface area (Å²) in [6.07, 6.45) is 1.96. The van der Waals surface area contributed by atoms with Gasteiger partial charge >= 0.3 is 0 Å². The minimum absolute atomic E-state index is 0.00241. The molecule has 10 heteroatoms. The van der Waals surface area contributed by atoms with E-state index >= 15 is 0 Å². The van der Waals surface area contributed by atoms with Crippen molar-refractivity contribution in [3.63, 3.8) is 0 Å². The second-order valence-electron chi connectivity index (χ2n) is 6.29. The second-order valence-corrected chi connectivity index (χ2v) is 7.01. The van der Waals surface area contributed by atoms with Crippen LogP contribution in [0.2, 0.25) is 0 Å². The highest BCUT2D eigenvalue weighted by Crippen LogP contribution is 2.32. The van der Waals surface area contributed by atoms with Crippen LogP contribution in [0.5, 0.6) is 0 Å². The lowest BCUT2D eigenvalue weighted by Gasteiger charge is -2.18. The first-order valence-corrected chi connectivity index (χ1v) is 9.36. The van der Waals surface area contributed by atoms with E-state index in [-0.39, 0.29) is 29.2 Å². The number of nitriles is 1. The lowest BCUT2D eigenvalue weighted by molar-refractivity contribution is 0.838. The van der Waals surface area contributed by atoms with Crippen LogP contribution in [0.4, 0.5) is 17.6 Å². The Morgan fingerprint density at radius 2 is 2.11 bits per heavy atom. The zero-order valence-corrected chi connectivity index (χ0v) is 16.0. The van der Waals surface area contributed by atoms with E-state index in [1.54, 1.807) is 5.51 Å². The van der Waals surface area contributed by atoms with E-state index in [0.29, 0.717) is 0 Å². The van der Waals surface area contributed by atoms with Crippen LogP contribution in [0.3, 0.4) is 0 Å². The second kappa shape index (κ2) is 6.79.